The first kappa shape index (κ1) is 18.6. The number of benzene rings is 1. The van der Waals surface area contributed by atoms with Gasteiger partial charge < -0.3 is 20.0 Å². The number of fused-ring (bicyclic) bond motifs is 1. The highest BCUT2D eigenvalue weighted by molar-refractivity contribution is 7.17. The molecule has 3 heterocycles. The molecule has 1 atom stereocenters. The van der Waals surface area contributed by atoms with Crippen molar-refractivity contribution < 1.29 is 20.0 Å². The lowest BCUT2D eigenvalue weighted by Gasteiger charge is -2.34. The first-order valence-electron chi connectivity index (χ1n) is 9.17. The molecular weight excluding hydrogens is 386 g/mol. The van der Waals surface area contributed by atoms with E-state index in [0.29, 0.717) is 15.8 Å². The zero-order valence-electron chi connectivity index (χ0n) is 15.2. The first-order chi connectivity index (χ1) is 13.1. The summed E-state index contributed by atoms with van der Waals surface area (Å²) in [5.74, 6) is 0.795. The van der Waals surface area contributed by atoms with E-state index in [2.05, 4.69) is 10.1 Å². The number of nitrogens with zero attached hydrogens (tertiary/aromatic N) is 3. The predicted molar refractivity (Wildman–Crippen MR) is 104 cm³/mol. The summed E-state index contributed by atoms with van der Waals surface area (Å²) in [5, 5.41) is 25.1. The number of aliphatic hydroxyl groups is 1. The van der Waals surface area contributed by atoms with Crippen LogP contribution in [0.1, 0.15) is 22.3 Å². The lowest BCUT2D eigenvalue weighted by Crippen LogP contribution is -3.28. The molecule has 9 heteroatoms. The van der Waals surface area contributed by atoms with E-state index in [1.807, 2.05) is 31.2 Å². The number of hydrogen-bond acceptors (Lipinski definition) is 5. The Morgan fingerprint density at radius 1 is 1.26 bits per heavy atom. The Bertz CT molecular complexity index is 935. The third-order valence-electron chi connectivity index (χ3n) is 5.26. The van der Waals surface area contributed by atoms with Gasteiger partial charge in [-0.3, -0.25) is 0 Å². The highest BCUT2D eigenvalue weighted by Crippen LogP contribution is 2.37. The van der Waals surface area contributed by atoms with Gasteiger partial charge in [0.1, 0.15) is 43.4 Å². The number of aryl methyl sites for hydroxylation is 1. The summed E-state index contributed by atoms with van der Waals surface area (Å²) in [5.41, 5.74) is 1.01. The molecule has 1 aliphatic heterocycles. The number of halogens is 1. The van der Waals surface area contributed by atoms with Crippen LogP contribution in [0.15, 0.2) is 24.3 Å². The number of thiazole rings is 1. The highest BCUT2D eigenvalue weighted by atomic mass is 35.5. The molecule has 0 unspecified atom stereocenters. The molecule has 1 aromatic carbocycles. The second-order valence-corrected chi connectivity index (χ2v) is 8.40. The van der Waals surface area contributed by atoms with Gasteiger partial charge in [0.2, 0.25) is 10.8 Å². The minimum absolute atomic E-state index is 0.0665. The van der Waals surface area contributed by atoms with Gasteiger partial charge >= 0.3 is 0 Å². The Labute approximate surface area is 166 Å². The van der Waals surface area contributed by atoms with Gasteiger partial charge in [-0.25, -0.2) is 4.98 Å². The van der Waals surface area contributed by atoms with Crippen LogP contribution in [0.2, 0.25) is 5.02 Å². The second-order valence-electron chi connectivity index (χ2n) is 6.98. The van der Waals surface area contributed by atoms with Crippen LogP contribution in [0, 0.1) is 6.92 Å². The molecule has 0 amide bonds. The third kappa shape index (κ3) is 3.55. The van der Waals surface area contributed by atoms with Gasteiger partial charge in [0.15, 0.2) is 6.04 Å². The average Bonchev–Trinajstić information content (AvgIpc) is 3.16. The van der Waals surface area contributed by atoms with E-state index in [1.165, 1.54) is 25.7 Å². The maximum atomic E-state index is 10.9. The zero-order chi connectivity index (χ0) is 19.0. The van der Waals surface area contributed by atoms with Crippen LogP contribution in [0.25, 0.3) is 4.96 Å². The summed E-state index contributed by atoms with van der Waals surface area (Å²) >= 11 is 8.02. The van der Waals surface area contributed by atoms with Crippen LogP contribution in [0.4, 0.5) is 0 Å². The number of quaternary nitrogens is 2. The lowest BCUT2D eigenvalue weighted by molar-refractivity contribution is -1.02. The maximum Gasteiger partial charge on any atom is 0.235 e. The summed E-state index contributed by atoms with van der Waals surface area (Å²) in [6, 6.07) is 7.78. The summed E-state index contributed by atoms with van der Waals surface area (Å²) in [6.07, 6.45) is 0. The van der Waals surface area contributed by atoms with Gasteiger partial charge in [0.05, 0.1) is 11.6 Å². The van der Waals surface area contributed by atoms with Gasteiger partial charge in [0, 0.05) is 5.56 Å². The number of nitrogens with one attached hydrogen (secondary N) is 2. The zero-order valence-corrected chi connectivity index (χ0v) is 16.7. The van der Waals surface area contributed by atoms with Crippen molar-refractivity contribution in [1.29, 1.82) is 0 Å². The van der Waals surface area contributed by atoms with Crippen molar-refractivity contribution >= 4 is 27.9 Å². The SMILES string of the molecule is Cc1nc2sc([C@H](c3ccccc3Cl)[NH+]3CC[NH+](CCO)CC3)c(O)n2n1. The van der Waals surface area contributed by atoms with Crippen LogP contribution >= 0.6 is 22.9 Å². The normalized spacial score (nSPS) is 21.6. The number of hydrogen-bond donors (Lipinski definition) is 4. The van der Waals surface area contributed by atoms with Gasteiger partial charge in [-0.15, -0.1) is 5.10 Å². The topological polar surface area (TPSA) is 79.5 Å². The molecule has 4 rings (SSSR count). The molecule has 0 spiro atoms. The quantitative estimate of drug-likeness (QED) is 0.450. The van der Waals surface area contributed by atoms with Crippen LogP contribution in [-0.2, 0) is 0 Å². The summed E-state index contributed by atoms with van der Waals surface area (Å²) < 4.78 is 1.52. The van der Waals surface area contributed by atoms with Gasteiger partial charge in [-0.05, 0) is 13.0 Å². The standard InChI is InChI=1S/C18H22ClN5O2S/c1-12-20-18-24(21-12)17(26)16(27-18)15(13-4-2-3-5-14(13)19)23-8-6-22(7-9-23)10-11-25/h2-5,15,25-26H,6-11H2,1H3/p+2/t15-/m0/s1. The van der Waals surface area contributed by atoms with Crippen LogP contribution in [-0.4, -0.2) is 64.1 Å². The van der Waals surface area contributed by atoms with Gasteiger partial charge in [0.25, 0.3) is 0 Å². The fourth-order valence-corrected chi connectivity index (χ4v) is 5.34. The molecule has 0 saturated carbocycles. The third-order valence-corrected chi connectivity index (χ3v) is 6.69. The molecular formula is C18H24ClN5O2S+2. The molecule has 3 aromatic rings. The summed E-state index contributed by atoms with van der Waals surface area (Å²) in [4.78, 5) is 8.73. The average molecular weight is 410 g/mol. The smallest absolute Gasteiger partial charge is 0.235 e. The number of rotatable bonds is 5. The van der Waals surface area contributed by atoms with Crippen molar-refractivity contribution in [3.05, 3.63) is 45.6 Å². The molecule has 1 aliphatic rings. The number of aromatic nitrogens is 3. The minimum atomic E-state index is -0.0665. The van der Waals surface area contributed by atoms with Crippen molar-refractivity contribution in [2.75, 3.05) is 39.3 Å². The van der Waals surface area contributed by atoms with Crippen LogP contribution in [0.5, 0.6) is 5.88 Å². The van der Waals surface area contributed by atoms with E-state index in [0.717, 1.165) is 43.2 Å². The van der Waals surface area contributed by atoms with Crippen molar-refractivity contribution in [1.82, 2.24) is 14.6 Å². The molecule has 1 fully saturated rings. The monoisotopic (exact) mass is 409 g/mol. The molecule has 4 N–H and O–H groups in total. The molecule has 0 radical (unpaired) electrons. The Balaban J connectivity index is 1.73. The molecule has 144 valence electrons. The van der Waals surface area contributed by atoms with E-state index in [-0.39, 0.29) is 18.5 Å². The Hall–Kier alpha value is -1.71. The molecule has 0 aliphatic carbocycles. The lowest BCUT2D eigenvalue weighted by atomic mass is 10.0. The molecule has 2 aromatic heterocycles. The fraction of sp³-hybridized carbons (Fsp3) is 0.444. The fourth-order valence-electron chi connectivity index (χ4n) is 3.91. The van der Waals surface area contributed by atoms with Gasteiger partial charge in [-0.1, -0.05) is 41.1 Å². The van der Waals surface area contributed by atoms with Gasteiger partial charge in [-0.2, -0.15) is 4.52 Å². The van der Waals surface area contributed by atoms with Crippen molar-refractivity contribution in [2.24, 2.45) is 0 Å². The first-order valence-corrected chi connectivity index (χ1v) is 10.4. The van der Waals surface area contributed by atoms with Crippen LogP contribution in [0.3, 0.4) is 0 Å². The van der Waals surface area contributed by atoms with Crippen molar-refractivity contribution in [3.63, 3.8) is 0 Å². The Morgan fingerprint density at radius 3 is 2.67 bits per heavy atom. The van der Waals surface area contributed by atoms with E-state index in [9.17, 15) is 10.2 Å². The van der Waals surface area contributed by atoms with Crippen molar-refractivity contribution in [2.45, 2.75) is 13.0 Å². The Morgan fingerprint density at radius 2 is 2.00 bits per heavy atom. The van der Waals surface area contributed by atoms with E-state index in [1.54, 1.807) is 0 Å². The van der Waals surface area contributed by atoms with E-state index in [4.69, 9.17) is 11.6 Å². The predicted octanol–water partition coefficient (Wildman–Crippen LogP) is -0.677. The largest absolute Gasteiger partial charge is 0.492 e. The highest BCUT2D eigenvalue weighted by Gasteiger charge is 2.37. The van der Waals surface area contributed by atoms with E-state index >= 15 is 0 Å². The minimum Gasteiger partial charge on any atom is -0.492 e. The maximum absolute atomic E-state index is 10.9. The molecule has 0 bridgehead atoms. The number of aromatic hydroxyl groups is 1. The molecule has 7 nitrogen and oxygen atoms in total. The molecule has 27 heavy (non-hydrogen) atoms. The molecule has 1 saturated heterocycles. The Kier molecular flexibility index (Phi) is 5.34. The van der Waals surface area contributed by atoms with Crippen molar-refractivity contribution in [3.8, 4) is 5.88 Å². The van der Waals surface area contributed by atoms with Crippen LogP contribution < -0.4 is 9.80 Å². The van der Waals surface area contributed by atoms with E-state index < -0.39 is 0 Å². The second kappa shape index (κ2) is 7.73. The summed E-state index contributed by atoms with van der Waals surface area (Å²) in [6.45, 7) is 6.67. The number of piperazine rings is 1. The number of aliphatic hydroxyl groups excluding tert-OH is 1. The summed E-state index contributed by atoms with van der Waals surface area (Å²) in [7, 11) is 0.